The predicted octanol–water partition coefficient (Wildman–Crippen LogP) is 4.96. The lowest BCUT2D eigenvalue weighted by Gasteiger charge is -2.26. The summed E-state index contributed by atoms with van der Waals surface area (Å²) in [6.07, 6.45) is 3.30. The van der Waals surface area contributed by atoms with Crippen molar-refractivity contribution in [3.05, 3.63) is 96.4 Å². The molecule has 1 aromatic heterocycles. The Morgan fingerprint density at radius 3 is 2.39 bits per heavy atom. The van der Waals surface area contributed by atoms with Crippen LogP contribution in [0.5, 0.6) is 11.6 Å². The molecule has 0 spiro atoms. The number of carbonyl (C=O) groups excluding carboxylic acids is 2. The Hall–Kier alpha value is -4.87. The van der Waals surface area contributed by atoms with Crippen LogP contribution in [0.15, 0.2) is 85.1 Å². The zero-order valence-electron chi connectivity index (χ0n) is 24.1. The van der Waals surface area contributed by atoms with Crippen LogP contribution in [-0.4, -0.2) is 59.5 Å². The molecule has 4 aromatic rings. The average molecular weight is 597 g/mol. The second kappa shape index (κ2) is 12.8. The fraction of sp³-hybridized carbons (Fsp3) is 0.273. The van der Waals surface area contributed by atoms with Crippen molar-refractivity contribution < 1.29 is 23.5 Å². The highest BCUT2D eigenvalue weighted by Gasteiger charge is 2.57. The van der Waals surface area contributed by atoms with E-state index < -0.39 is 23.0 Å². The highest BCUT2D eigenvalue weighted by molar-refractivity contribution is 6.16. The minimum atomic E-state index is -1.25. The van der Waals surface area contributed by atoms with Crippen molar-refractivity contribution in [1.29, 1.82) is 0 Å². The molecule has 2 fully saturated rings. The van der Waals surface area contributed by atoms with E-state index in [1.807, 2.05) is 12.1 Å². The number of rotatable bonds is 11. The maximum absolute atomic E-state index is 13.6. The highest BCUT2D eigenvalue weighted by Crippen LogP contribution is 2.49. The Morgan fingerprint density at radius 2 is 1.70 bits per heavy atom. The molecule has 2 heterocycles. The predicted molar refractivity (Wildman–Crippen MR) is 164 cm³/mol. The smallest absolute Gasteiger partial charge is 0.247 e. The lowest BCUT2D eigenvalue weighted by molar-refractivity contribution is -0.133. The summed E-state index contributed by atoms with van der Waals surface area (Å²) in [4.78, 5) is 38.3. The van der Waals surface area contributed by atoms with Crippen LogP contribution in [0.1, 0.15) is 18.4 Å². The summed E-state index contributed by atoms with van der Waals surface area (Å²) < 4.78 is 25.1. The first-order valence-electron chi connectivity index (χ1n) is 14.6. The van der Waals surface area contributed by atoms with Crippen molar-refractivity contribution in [1.82, 2.24) is 14.9 Å². The molecule has 3 aromatic carbocycles. The second-order valence-corrected chi connectivity index (χ2v) is 10.9. The molecular formula is C33H33FN6O4. The number of halogens is 1. The summed E-state index contributed by atoms with van der Waals surface area (Å²) in [6.45, 7) is 4.47. The Bertz CT molecular complexity index is 1620. The Morgan fingerprint density at radius 1 is 1.00 bits per heavy atom. The zero-order chi connectivity index (χ0) is 30.5. The molecule has 0 radical (unpaired) electrons. The quantitative estimate of drug-likeness (QED) is 0.233. The normalized spacial score (nSPS) is 15.8. The van der Waals surface area contributed by atoms with Crippen LogP contribution in [-0.2, 0) is 20.7 Å². The van der Waals surface area contributed by atoms with Gasteiger partial charge >= 0.3 is 0 Å². The third kappa shape index (κ3) is 6.69. The lowest BCUT2D eigenvalue weighted by atomic mass is 10.0. The minimum absolute atomic E-state index is 0.329. The van der Waals surface area contributed by atoms with Gasteiger partial charge in [-0.1, -0.05) is 12.1 Å². The van der Waals surface area contributed by atoms with Gasteiger partial charge in [-0.15, -0.1) is 0 Å². The zero-order valence-corrected chi connectivity index (χ0v) is 24.1. The molecule has 0 bridgehead atoms. The monoisotopic (exact) mass is 596 g/mol. The molecule has 0 unspecified atom stereocenters. The number of anilines is 4. The van der Waals surface area contributed by atoms with Gasteiger partial charge in [0.25, 0.3) is 0 Å². The summed E-state index contributed by atoms with van der Waals surface area (Å²) >= 11 is 0. The molecule has 10 nitrogen and oxygen atoms in total. The molecule has 1 aliphatic heterocycles. The van der Waals surface area contributed by atoms with E-state index in [-0.39, 0.29) is 0 Å². The number of ether oxygens (including phenoxy) is 2. The van der Waals surface area contributed by atoms with Crippen LogP contribution in [0.4, 0.5) is 27.4 Å². The maximum atomic E-state index is 13.6. The van der Waals surface area contributed by atoms with Crippen LogP contribution >= 0.6 is 0 Å². The van der Waals surface area contributed by atoms with E-state index in [1.165, 1.54) is 34.7 Å². The van der Waals surface area contributed by atoms with Crippen LogP contribution in [0.2, 0.25) is 0 Å². The SMILES string of the molecule is NC(=O)C1(C(=O)N(c2ccc(F)cc2)c2ccc(Oc3ccnc(Nc4cccc(CCN5CCOCC5)c4)n3)cc2)CC1. The molecule has 1 saturated heterocycles. The molecule has 226 valence electrons. The van der Waals surface area contributed by atoms with Gasteiger partial charge in [0, 0.05) is 49.0 Å². The molecule has 2 amide bonds. The number of nitrogens with zero attached hydrogens (tertiary/aromatic N) is 4. The fourth-order valence-electron chi connectivity index (χ4n) is 5.17. The van der Waals surface area contributed by atoms with Gasteiger partial charge in [-0.25, -0.2) is 9.37 Å². The van der Waals surface area contributed by atoms with Crippen molar-refractivity contribution in [3.63, 3.8) is 0 Å². The van der Waals surface area contributed by atoms with Crippen LogP contribution < -0.4 is 20.7 Å². The van der Waals surface area contributed by atoms with Crippen LogP contribution in [0, 0.1) is 11.2 Å². The number of benzene rings is 3. The number of hydrogen-bond donors (Lipinski definition) is 2. The van der Waals surface area contributed by atoms with E-state index in [2.05, 4.69) is 32.3 Å². The van der Waals surface area contributed by atoms with Gasteiger partial charge in [0.05, 0.1) is 13.2 Å². The minimum Gasteiger partial charge on any atom is -0.439 e. The first-order chi connectivity index (χ1) is 21.4. The highest BCUT2D eigenvalue weighted by atomic mass is 19.1. The average Bonchev–Trinajstić information content (AvgIpc) is 3.86. The fourth-order valence-corrected chi connectivity index (χ4v) is 5.17. The van der Waals surface area contributed by atoms with Gasteiger partial charge in [0.2, 0.25) is 23.6 Å². The van der Waals surface area contributed by atoms with Crippen molar-refractivity contribution in [3.8, 4) is 11.6 Å². The molecule has 44 heavy (non-hydrogen) atoms. The largest absolute Gasteiger partial charge is 0.439 e. The topological polar surface area (TPSA) is 123 Å². The number of morpholine rings is 1. The molecule has 1 saturated carbocycles. The Labute approximate surface area is 254 Å². The van der Waals surface area contributed by atoms with Crippen LogP contribution in [0.3, 0.4) is 0 Å². The van der Waals surface area contributed by atoms with Gasteiger partial charge in [0.15, 0.2) is 0 Å². The summed E-state index contributed by atoms with van der Waals surface area (Å²) in [5, 5.41) is 3.25. The molecule has 11 heteroatoms. The molecule has 2 aliphatic rings. The van der Waals surface area contributed by atoms with Crippen molar-refractivity contribution in [2.45, 2.75) is 19.3 Å². The first-order valence-corrected chi connectivity index (χ1v) is 14.6. The van der Waals surface area contributed by atoms with Gasteiger partial charge in [-0.3, -0.25) is 19.4 Å². The summed E-state index contributed by atoms with van der Waals surface area (Å²) in [5.41, 5.74) is 7.33. The van der Waals surface area contributed by atoms with E-state index >= 15 is 0 Å². The number of amides is 2. The third-order valence-corrected chi connectivity index (χ3v) is 7.87. The molecular weight excluding hydrogens is 563 g/mol. The number of carbonyl (C=O) groups is 2. The van der Waals surface area contributed by atoms with Crippen molar-refractivity contribution in [2.75, 3.05) is 43.1 Å². The van der Waals surface area contributed by atoms with E-state index in [9.17, 15) is 14.0 Å². The van der Waals surface area contributed by atoms with E-state index in [1.54, 1.807) is 36.5 Å². The van der Waals surface area contributed by atoms with Gasteiger partial charge in [0.1, 0.15) is 17.0 Å². The van der Waals surface area contributed by atoms with Gasteiger partial charge in [-0.2, -0.15) is 4.98 Å². The lowest BCUT2D eigenvalue weighted by Crippen LogP contribution is -2.41. The van der Waals surface area contributed by atoms with Gasteiger partial charge < -0.3 is 20.5 Å². The van der Waals surface area contributed by atoms with Gasteiger partial charge in [-0.05, 0) is 85.5 Å². The standard InChI is InChI=1S/C33H33FN6O4/c34-24-4-6-26(7-5-24)40(31(42)33(14-15-33)30(35)41)27-8-10-28(11-9-27)44-29-12-16-36-32(38-29)37-25-3-1-2-23(22-25)13-17-39-18-20-43-21-19-39/h1-12,16,22H,13-15,17-21H2,(H2,35,41)(H,36,37,38). The first kappa shape index (κ1) is 29.2. The molecule has 3 N–H and O–H groups in total. The molecule has 1 aliphatic carbocycles. The number of nitrogens with one attached hydrogen (secondary N) is 1. The van der Waals surface area contributed by atoms with Crippen molar-refractivity contribution >= 4 is 34.8 Å². The second-order valence-electron chi connectivity index (χ2n) is 10.9. The van der Waals surface area contributed by atoms with Crippen molar-refractivity contribution in [2.24, 2.45) is 11.1 Å². The number of hydrogen-bond acceptors (Lipinski definition) is 8. The molecule has 6 rings (SSSR count). The number of primary amides is 1. The Balaban J connectivity index is 1.13. The van der Waals surface area contributed by atoms with E-state index in [4.69, 9.17) is 15.2 Å². The summed E-state index contributed by atoms with van der Waals surface area (Å²) in [5.74, 6) is -0.346. The maximum Gasteiger partial charge on any atom is 0.247 e. The summed E-state index contributed by atoms with van der Waals surface area (Å²) in [7, 11) is 0. The van der Waals surface area contributed by atoms with Crippen LogP contribution in [0.25, 0.3) is 0 Å². The number of aromatic nitrogens is 2. The third-order valence-electron chi connectivity index (χ3n) is 7.87. The van der Waals surface area contributed by atoms with E-state index in [0.29, 0.717) is 41.8 Å². The van der Waals surface area contributed by atoms with E-state index in [0.717, 1.165) is 45.0 Å². The summed E-state index contributed by atoms with van der Waals surface area (Å²) in [6, 6.07) is 22.1. The molecule has 0 atom stereocenters. The number of nitrogens with two attached hydrogens (primary N) is 1. The Kier molecular flexibility index (Phi) is 8.49.